The molecule has 0 unspecified atom stereocenters. The zero-order valence-electron chi connectivity index (χ0n) is 11.3. The molecular weight excluding hydrogens is 242 g/mol. The summed E-state index contributed by atoms with van der Waals surface area (Å²) in [7, 11) is 0. The average molecular weight is 263 g/mol. The van der Waals surface area contributed by atoms with Gasteiger partial charge >= 0.3 is 5.97 Å². The Hall–Kier alpha value is -1.55. The van der Waals surface area contributed by atoms with Crippen molar-refractivity contribution in [3.05, 3.63) is 29.8 Å². The number of aryl methyl sites for hydroxylation is 1. The number of rotatable bonds is 7. The summed E-state index contributed by atoms with van der Waals surface area (Å²) in [6, 6.07) is 7.93. The zero-order valence-corrected chi connectivity index (χ0v) is 11.3. The summed E-state index contributed by atoms with van der Waals surface area (Å²) >= 11 is 0. The van der Waals surface area contributed by atoms with E-state index in [4.69, 9.17) is 9.84 Å². The molecule has 1 fully saturated rings. The third-order valence-electron chi connectivity index (χ3n) is 3.66. The highest BCUT2D eigenvalue weighted by Crippen LogP contribution is 2.31. The van der Waals surface area contributed by atoms with Crippen molar-refractivity contribution in [1.29, 1.82) is 0 Å². The molecule has 1 aliphatic carbocycles. The number of aliphatic carboxylic acids is 1. The topological polar surface area (TPSA) is 58.6 Å². The number of carbonyl (C=O) groups is 1. The van der Waals surface area contributed by atoms with Crippen LogP contribution in [0.15, 0.2) is 24.3 Å². The van der Waals surface area contributed by atoms with E-state index in [0.717, 1.165) is 31.4 Å². The van der Waals surface area contributed by atoms with Crippen LogP contribution in [0, 0.1) is 6.92 Å². The Kier molecular flexibility index (Phi) is 4.43. The SMILES string of the molecule is Cc1cccc(OCCCNC2(C(=O)O)CCC2)c1. The molecule has 19 heavy (non-hydrogen) atoms. The Labute approximate surface area is 113 Å². The van der Waals surface area contributed by atoms with E-state index < -0.39 is 11.5 Å². The molecule has 0 amide bonds. The summed E-state index contributed by atoms with van der Waals surface area (Å²) in [5.74, 6) is 0.148. The molecule has 104 valence electrons. The van der Waals surface area contributed by atoms with Crippen LogP contribution in [0.5, 0.6) is 5.75 Å². The van der Waals surface area contributed by atoms with Crippen LogP contribution in [-0.2, 0) is 4.79 Å². The van der Waals surface area contributed by atoms with Crippen LogP contribution in [0.25, 0.3) is 0 Å². The first-order valence-electron chi connectivity index (χ1n) is 6.80. The highest BCUT2D eigenvalue weighted by molar-refractivity contribution is 5.79. The van der Waals surface area contributed by atoms with Gasteiger partial charge in [-0.15, -0.1) is 0 Å². The predicted molar refractivity (Wildman–Crippen MR) is 73.5 cm³/mol. The van der Waals surface area contributed by atoms with Gasteiger partial charge in [-0.05, 0) is 56.8 Å². The molecule has 0 atom stereocenters. The molecule has 0 aromatic heterocycles. The van der Waals surface area contributed by atoms with Crippen molar-refractivity contribution in [3.8, 4) is 5.75 Å². The van der Waals surface area contributed by atoms with Crippen molar-refractivity contribution in [2.45, 2.75) is 38.1 Å². The lowest BCUT2D eigenvalue weighted by molar-refractivity contribution is -0.148. The van der Waals surface area contributed by atoms with E-state index in [-0.39, 0.29) is 0 Å². The molecule has 0 heterocycles. The fourth-order valence-corrected chi connectivity index (χ4v) is 2.29. The summed E-state index contributed by atoms with van der Waals surface area (Å²) < 4.78 is 5.63. The Balaban J connectivity index is 1.66. The molecule has 4 nitrogen and oxygen atoms in total. The smallest absolute Gasteiger partial charge is 0.323 e. The number of carboxylic acids is 1. The van der Waals surface area contributed by atoms with E-state index in [1.54, 1.807) is 0 Å². The standard InChI is InChI=1S/C15H21NO3/c1-12-5-2-6-13(11-12)19-10-4-9-16-15(14(17)18)7-3-8-15/h2,5-6,11,16H,3-4,7-10H2,1H3,(H,17,18). The van der Waals surface area contributed by atoms with E-state index in [9.17, 15) is 4.79 Å². The first-order valence-corrected chi connectivity index (χ1v) is 6.80. The third kappa shape index (κ3) is 3.47. The normalized spacial score (nSPS) is 16.7. The zero-order chi connectivity index (χ0) is 13.7. The van der Waals surface area contributed by atoms with Crippen LogP contribution < -0.4 is 10.1 Å². The number of hydrogen-bond donors (Lipinski definition) is 2. The van der Waals surface area contributed by atoms with Gasteiger partial charge in [0.15, 0.2) is 0 Å². The van der Waals surface area contributed by atoms with E-state index in [1.165, 1.54) is 5.56 Å². The Morgan fingerprint density at radius 3 is 2.84 bits per heavy atom. The lowest BCUT2D eigenvalue weighted by Crippen LogP contribution is -2.57. The Morgan fingerprint density at radius 2 is 2.26 bits per heavy atom. The molecule has 0 radical (unpaired) electrons. The summed E-state index contributed by atoms with van der Waals surface area (Å²) in [6.07, 6.45) is 3.28. The number of nitrogens with one attached hydrogen (secondary N) is 1. The van der Waals surface area contributed by atoms with Crippen molar-refractivity contribution in [3.63, 3.8) is 0 Å². The quantitative estimate of drug-likeness (QED) is 0.741. The number of ether oxygens (including phenoxy) is 1. The van der Waals surface area contributed by atoms with Crippen LogP contribution in [0.1, 0.15) is 31.2 Å². The van der Waals surface area contributed by atoms with Gasteiger partial charge < -0.3 is 15.2 Å². The molecule has 4 heteroatoms. The lowest BCUT2D eigenvalue weighted by Gasteiger charge is -2.38. The Morgan fingerprint density at radius 1 is 1.47 bits per heavy atom. The van der Waals surface area contributed by atoms with Crippen molar-refractivity contribution >= 4 is 5.97 Å². The first-order chi connectivity index (χ1) is 9.12. The molecule has 1 saturated carbocycles. The maximum atomic E-state index is 11.1. The van der Waals surface area contributed by atoms with Gasteiger partial charge in [0.2, 0.25) is 0 Å². The summed E-state index contributed by atoms with van der Waals surface area (Å²) in [5.41, 5.74) is 0.512. The van der Waals surface area contributed by atoms with Gasteiger partial charge in [0.25, 0.3) is 0 Å². The molecule has 0 spiro atoms. The van der Waals surface area contributed by atoms with Gasteiger partial charge in [-0.3, -0.25) is 4.79 Å². The van der Waals surface area contributed by atoms with E-state index in [2.05, 4.69) is 5.32 Å². The molecule has 2 N–H and O–H groups in total. The van der Waals surface area contributed by atoms with Crippen LogP contribution in [0.3, 0.4) is 0 Å². The molecule has 0 saturated heterocycles. The minimum atomic E-state index is -0.724. The largest absolute Gasteiger partial charge is 0.494 e. The van der Waals surface area contributed by atoms with Crippen molar-refractivity contribution in [2.24, 2.45) is 0 Å². The molecule has 1 aromatic rings. The maximum absolute atomic E-state index is 11.1. The van der Waals surface area contributed by atoms with E-state index >= 15 is 0 Å². The minimum absolute atomic E-state index is 0.603. The second kappa shape index (κ2) is 6.06. The van der Waals surface area contributed by atoms with Crippen molar-refractivity contribution in [2.75, 3.05) is 13.2 Å². The highest BCUT2D eigenvalue weighted by atomic mass is 16.5. The molecule has 1 aromatic carbocycles. The van der Waals surface area contributed by atoms with Crippen LogP contribution in [-0.4, -0.2) is 29.8 Å². The fourth-order valence-electron chi connectivity index (χ4n) is 2.29. The molecular formula is C15H21NO3. The molecule has 0 bridgehead atoms. The second-order valence-electron chi connectivity index (χ2n) is 5.19. The lowest BCUT2D eigenvalue weighted by atomic mass is 9.77. The Bertz CT molecular complexity index is 441. The van der Waals surface area contributed by atoms with Crippen LogP contribution in [0.4, 0.5) is 0 Å². The minimum Gasteiger partial charge on any atom is -0.494 e. The average Bonchev–Trinajstić information content (AvgIpc) is 2.31. The van der Waals surface area contributed by atoms with Gasteiger partial charge in [0.1, 0.15) is 11.3 Å². The first kappa shape index (κ1) is 13.9. The van der Waals surface area contributed by atoms with Gasteiger partial charge in [-0.2, -0.15) is 0 Å². The van der Waals surface area contributed by atoms with E-state index in [0.29, 0.717) is 13.2 Å². The third-order valence-corrected chi connectivity index (χ3v) is 3.66. The van der Waals surface area contributed by atoms with Crippen LogP contribution >= 0.6 is 0 Å². The van der Waals surface area contributed by atoms with E-state index in [1.807, 2.05) is 31.2 Å². The fraction of sp³-hybridized carbons (Fsp3) is 0.533. The van der Waals surface area contributed by atoms with Crippen molar-refractivity contribution in [1.82, 2.24) is 5.32 Å². The van der Waals surface area contributed by atoms with Gasteiger partial charge in [0, 0.05) is 0 Å². The number of carboxylic acid groups (broad SMARTS) is 1. The molecule has 0 aliphatic heterocycles. The van der Waals surface area contributed by atoms with Gasteiger partial charge in [-0.1, -0.05) is 12.1 Å². The highest BCUT2D eigenvalue weighted by Gasteiger charge is 2.43. The molecule has 1 aliphatic rings. The van der Waals surface area contributed by atoms with Gasteiger partial charge in [0.05, 0.1) is 6.61 Å². The molecule has 2 rings (SSSR count). The van der Waals surface area contributed by atoms with Gasteiger partial charge in [-0.25, -0.2) is 0 Å². The number of benzene rings is 1. The maximum Gasteiger partial charge on any atom is 0.323 e. The summed E-state index contributed by atoms with van der Waals surface area (Å²) in [5, 5.41) is 12.3. The monoisotopic (exact) mass is 263 g/mol. The summed E-state index contributed by atoms with van der Waals surface area (Å²) in [4.78, 5) is 11.1. The van der Waals surface area contributed by atoms with Crippen LogP contribution in [0.2, 0.25) is 0 Å². The van der Waals surface area contributed by atoms with Crippen molar-refractivity contribution < 1.29 is 14.6 Å². The second-order valence-corrected chi connectivity index (χ2v) is 5.19. The summed E-state index contributed by atoms with van der Waals surface area (Å²) in [6.45, 7) is 3.31. The number of hydrogen-bond acceptors (Lipinski definition) is 3. The predicted octanol–water partition coefficient (Wildman–Crippen LogP) is 2.36.